The van der Waals surface area contributed by atoms with Crippen LogP contribution in [0.5, 0.6) is 0 Å². The minimum absolute atomic E-state index is 0.161. The van der Waals surface area contributed by atoms with Crippen molar-refractivity contribution in [1.29, 1.82) is 0 Å². The standard InChI is InChI=1S/C10H15F3O4S/c1-16-8(14)4-9(2-3-9)6-18(15)7-17-5-10(11,12)13/h2-7H2,1H3. The molecule has 0 saturated heterocycles. The summed E-state index contributed by atoms with van der Waals surface area (Å²) in [5.74, 6) is -0.664. The Labute approximate surface area is 105 Å². The predicted molar refractivity (Wildman–Crippen MR) is 58.2 cm³/mol. The maximum Gasteiger partial charge on any atom is 0.411 e. The molecule has 1 aliphatic carbocycles. The summed E-state index contributed by atoms with van der Waals surface area (Å²) in [5.41, 5.74) is -0.362. The van der Waals surface area contributed by atoms with Gasteiger partial charge in [-0.15, -0.1) is 0 Å². The third-order valence-corrected chi connectivity index (χ3v) is 4.02. The first-order valence-corrected chi connectivity index (χ1v) is 6.81. The number of esters is 1. The lowest BCUT2D eigenvalue weighted by atomic mass is 10.1. The minimum atomic E-state index is -4.41. The van der Waals surface area contributed by atoms with E-state index in [0.29, 0.717) is 0 Å². The first kappa shape index (κ1) is 15.4. The maximum absolute atomic E-state index is 11.8. The molecule has 0 aliphatic heterocycles. The van der Waals surface area contributed by atoms with Gasteiger partial charge in [-0.25, -0.2) is 0 Å². The van der Waals surface area contributed by atoms with Crippen LogP contribution in [0.15, 0.2) is 0 Å². The van der Waals surface area contributed by atoms with Crippen molar-refractivity contribution in [2.45, 2.75) is 25.4 Å². The smallest absolute Gasteiger partial charge is 0.411 e. The second-order valence-electron chi connectivity index (χ2n) is 4.42. The van der Waals surface area contributed by atoms with Crippen LogP contribution in [0.3, 0.4) is 0 Å². The minimum Gasteiger partial charge on any atom is -0.469 e. The fourth-order valence-electron chi connectivity index (χ4n) is 1.56. The molecule has 1 unspecified atom stereocenters. The molecule has 8 heteroatoms. The number of halogens is 3. The normalized spacial score (nSPS) is 19.3. The highest BCUT2D eigenvalue weighted by molar-refractivity contribution is 7.84. The van der Waals surface area contributed by atoms with E-state index < -0.39 is 29.5 Å². The van der Waals surface area contributed by atoms with Gasteiger partial charge < -0.3 is 9.47 Å². The van der Waals surface area contributed by atoms with Crippen LogP contribution in [0, 0.1) is 5.41 Å². The quantitative estimate of drug-likeness (QED) is 0.668. The zero-order valence-electron chi connectivity index (χ0n) is 9.92. The summed E-state index contributed by atoms with van der Waals surface area (Å²) in [6.45, 7) is -1.40. The Bertz CT molecular complexity index is 326. The van der Waals surface area contributed by atoms with Crippen molar-refractivity contribution in [1.82, 2.24) is 0 Å². The summed E-state index contributed by atoms with van der Waals surface area (Å²) in [5, 5.41) is 0. The Balaban J connectivity index is 2.26. The van der Waals surface area contributed by atoms with Gasteiger partial charge in [-0.2, -0.15) is 13.2 Å². The number of hydrogen-bond donors (Lipinski definition) is 0. The highest BCUT2D eigenvalue weighted by Gasteiger charge is 2.46. The number of carbonyl (C=O) groups excluding carboxylic acids is 1. The predicted octanol–water partition coefficient (Wildman–Crippen LogP) is 1.61. The van der Waals surface area contributed by atoms with E-state index in [-0.39, 0.29) is 23.6 Å². The number of ether oxygens (including phenoxy) is 2. The first-order valence-electron chi connectivity index (χ1n) is 5.33. The van der Waals surface area contributed by atoms with Crippen LogP contribution in [0.4, 0.5) is 13.2 Å². The highest BCUT2D eigenvalue weighted by Crippen LogP contribution is 2.49. The van der Waals surface area contributed by atoms with Gasteiger partial charge in [-0.3, -0.25) is 9.00 Å². The zero-order chi connectivity index (χ0) is 13.8. The fraction of sp³-hybridized carbons (Fsp3) is 0.900. The first-order chi connectivity index (χ1) is 8.26. The molecule has 1 atom stereocenters. The molecule has 0 radical (unpaired) electrons. The Morgan fingerprint density at radius 2 is 2.00 bits per heavy atom. The molecular weight excluding hydrogens is 273 g/mol. The Kier molecular flexibility index (Phi) is 5.15. The topological polar surface area (TPSA) is 52.6 Å². The van der Waals surface area contributed by atoms with Crippen molar-refractivity contribution in [3.05, 3.63) is 0 Å². The van der Waals surface area contributed by atoms with Crippen molar-refractivity contribution in [3.63, 3.8) is 0 Å². The van der Waals surface area contributed by atoms with Gasteiger partial charge >= 0.3 is 12.1 Å². The van der Waals surface area contributed by atoms with E-state index in [1.807, 2.05) is 0 Å². The van der Waals surface area contributed by atoms with Gasteiger partial charge in [0, 0.05) is 16.6 Å². The summed E-state index contributed by atoms with van der Waals surface area (Å²) in [6.07, 6.45) is -2.76. The van der Waals surface area contributed by atoms with Crippen LogP contribution in [0.2, 0.25) is 0 Å². The molecule has 0 N–H and O–H groups in total. The lowest BCUT2D eigenvalue weighted by molar-refractivity contribution is -0.169. The summed E-state index contributed by atoms with van der Waals surface area (Å²) in [6, 6.07) is 0. The molecule has 1 fully saturated rings. The number of alkyl halides is 3. The second kappa shape index (κ2) is 6.01. The molecule has 4 nitrogen and oxygen atoms in total. The molecule has 0 aromatic carbocycles. The van der Waals surface area contributed by atoms with Gasteiger partial charge in [-0.05, 0) is 18.3 Å². The largest absolute Gasteiger partial charge is 0.469 e. The zero-order valence-corrected chi connectivity index (χ0v) is 10.7. The van der Waals surface area contributed by atoms with Crippen molar-refractivity contribution in [2.75, 3.05) is 25.4 Å². The average molecular weight is 288 g/mol. The Morgan fingerprint density at radius 3 is 2.44 bits per heavy atom. The Morgan fingerprint density at radius 1 is 1.39 bits per heavy atom. The van der Waals surface area contributed by atoms with Gasteiger partial charge in [0.2, 0.25) is 0 Å². The second-order valence-corrected chi connectivity index (χ2v) is 5.82. The van der Waals surface area contributed by atoms with Crippen LogP contribution >= 0.6 is 0 Å². The maximum atomic E-state index is 11.8. The third-order valence-electron chi connectivity index (χ3n) is 2.65. The SMILES string of the molecule is COC(=O)CC1(CS(=O)COCC(F)(F)F)CC1. The van der Waals surface area contributed by atoms with E-state index in [2.05, 4.69) is 9.47 Å². The van der Waals surface area contributed by atoms with Crippen LogP contribution in [0.1, 0.15) is 19.3 Å². The van der Waals surface area contributed by atoms with Crippen LogP contribution < -0.4 is 0 Å². The molecule has 0 amide bonds. The molecule has 0 aromatic rings. The lowest BCUT2D eigenvalue weighted by Gasteiger charge is -2.13. The number of methoxy groups -OCH3 is 1. The van der Waals surface area contributed by atoms with Crippen molar-refractivity contribution in [2.24, 2.45) is 5.41 Å². The molecule has 106 valence electrons. The van der Waals surface area contributed by atoms with Crippen molar-refractivity contribution in [3.8, 4) is 0 Å². The van der Waals surface area contributed by atoms with Gasteiger partial charge in [-0.1, -0.05) is 0 Å². The van der Waals surface area contributed by atoms with Crippen LogP contribution in [-0.2, 0) is 25.1 Å². The van der Waals surface area contributed by atoms with Gasteiger partial charge in [0.05, 0.1) is 13.5 Å². The molecule has 1 saturated carbocycles. The van der Waals surface area contributed by atoms with E-state index in [1.54, 1.807) is 0 Å². The lowest BCUT2D eigenvalue weighted by Crippen LogP contribution is -2.23. The number of hydrogen-bond acceptors (Lipinski definition) is 4. The number of rotatable bonds is 7. The van der Waals surface area contributed by atoms with Gasteiger partial charge in [0.15, 0.2) is 0 Å². The van der Waals surface area contributed by atoms with Crippen molar-refractivity contribution >= 4 is 16.8 Å². The molecule has 18 heavy (non-hydrogen) atoms. The van der Waals surface area contributed by atoms with Gasteiger partial charge in [0.1, 0.15) is 12.5 Å². The molecular formula is C10H15F3O4S. The molecule has 1 rings (SSSR count). The monoisotopic (exact) mass is 288 g/mol. The van der Waals surface area contributed by atoms with Gasteiger partial charge in [0.25, 0.3) is 0 Å². The highest BCUT2D eigenvalue weighted by atomic mass is 32.2. The average Bonchev–Trinajstić information content (AvgIpc) is 2.95. The van der Waals surface area contributed by atoms with E-state index in [9.17, 15) is 22.2 Å². The van der Waals surface area contributed by atoms with Crippen molar-refractivity contribution < 1.29 is 31.6 Å². The molecule has 0 aromatic heterocycles. The van der Waals surface area contributed by atoms with E-state index >= 15 is 0 Å². The van der Waals surface area contributed by atoms with E-state index in [1.165, 1.54) is 7.11 Å². The Hall–Kier alpha value is -0.630. The fourth-order valence-corrected chi connectivity index (χ4v) is 2.99. The summed E-state index contributed by atoms with van der Waals surface area (Å²) in [7, 11) is -0.244. The number of carbonyl (C=O) groups is 1. The summed E-state index contributed by atoms with van der Waals surface area (Å²) < 4.78 is 55.7. The summed E-state index contributed by atoms with van der Waals surface area (Å²) in [4.78, 5) is 11.1. The molecule has 0 spiro atoms. The van der Waals surface area contributed by atoms with Crippen LogP contribution in [0.25, 0.3) is 0 Å². The molecule has 1 aliphatic rings. The van der Waals surface area contributed by atoms with E-state index in [0.717, 1.165) is 12.8 Å². The molecule has 0 heterocycles. The van der Waals surface area contributed by atoms with Crippen LogP contribution in [-0.4, -0.2) is 41.8 Å². The molecule has 0 bridgehead atoms. The third kappa shape index (κ3) is 5.81. The van der Waals surface area contributed by atoms with E-state index in [4.69, 9.17) is 0 Å². The summed E-state index contributed by atoms with van der Waals surface area (Å²) >= 11 is 0.